The molecule has 1 heterocycles. The van der Waals surface area contributed by atoms with Gasteiger partial charge in [0.15, 0.2) is 5.78 Å². The number of carbonyl (C=O) groups is 4. The van der Waals surface area contributed by atoms with E-state index in [1.54, 1.807) is 58.0 Å². The summed E-state index contributed by atoms with van der Waals surface area (Å²) < 4.78 is 44.9. The number of esters is 2. The minimum Gasteiger partial charge on any atom is -0.467 e. The SMILES string of the molecule is CC(CC(=O)OCOC(=O)N(C(C)C(=O)c1cccc(Cl)c1)C(C)(C)C)OC(=O)c1cc(S(N)(=O)=O)c(Cl)cc1NCc1ccco1. The Labute approximate surface area is 282 Å². The van der Waals surface area contributed by atoms with Gasteiger partial charge in [-0.1, -0.05) is 35.3 Å². The molecule has 3 rings (SSSR count). The molecule has 2 aromatic carbocycles. The van der Waals surface area contributed by atoms with E-state index in [1.165, 1.54) is 30.2 Å². The molecular weight excluding hydrogens is 677 g/mol. The summed E-state index contributed by atoms with van der Waals surface area (Å²) in [5, 5.41) is 8.31. The Bertz CT molecular complexity index is 1720. The molecule has 3 N–H and O–H groups in total. The number of furan rings is 1. The fourth-order valence-corrected chi connectivity index (χ4v) is 5.78. The standard InChI is InChI=1S/C31H35Cl2N3O10S/c1-18(46-29(39)23-14-26(47(34,41)42)24(33)15-25(23)35-16-22-10-7-11-43-22)12-27(37)44-17-45-30(40)36(31(3,4)5)19(2)28(38)20-8-6-9-21(32)13-20/h6-11,13-15,18-19,35H,12,16-17H2,1-5H3,(H2,34,41,42). The number of anilines is 1. The van der Waals surface area contributed by atoms with E-state index in [0.29, 0.717) is 16.3 Å². The first kappa shape index (κ1) is 37.3. The zero-order chi connectivity index (χ0) is 35.1. The highest BCUT2D eigenvalue weighted by atomic mass is 35.5. The van der Waals surface area contributed by atoms with Gasteiger partial charge in [0.2, 0.25) is 16.8 Å². The second-order valence-corrected chi connectivity index (χ2v) is 13.7. The molecule has 13 nitrogen and oxygen atoms in total. The topological polar surface area (TPSA) is 185 Å². The van der Waals surface area contributed by atoms with E-state index in [1.807, 2.05) is 0 Å². The number of hydrogen-bond acceptors (Lipinski definition) is 11. The first-order chi connectivity index (χ1) is 21.9. The molecule has 254 valence electrons. The van der Waals surface area contributed by atoms with Gasteiger partial charge >= 0.3 is 18.0 Å². The normalized spacial score (nSPS) is 12.9. The molecule has 0 bridgehead atoms. The van der Waals surface area contributed by atoms with Crippen molar-refractivity contribution in [3.8, 4) is 0 Å². The Balaban J connectivity index is 1.62. The molecule has 0 saturated carbocycles. The average molecular weight is 713 g/mol. The van der Waals surface area contributed by atoms with Crippen molar-refractivity contribution in [2.45, 2.75) is 70.2 Å². The van der Waals surface area contributed by atoms with E-state index >= 15 is 0 Å². The number of nitrogens with zero attached hydrogens (tertiary/aromatic N) is 1. The van der Waals surface area contributed by atoms with Crippen LogP contribution in [0.2, 0.25) is 10.0 Å². The van der Waals surface area contributed by atoms with Gasteiger partial charge in [0, 0.05) is 16.1 Å². The number of ketones is 1. The number of Topliss-reactive ketones (excluding diaryl/α,β-unsaturated/α-hetero) is 1. The molecule has 0 aliphatic heterocycles. The molecule has 0 spiro atoms. The summed E-state index contributed by atoms with van der Waals surface area (Å²) in [5.41, 5.74) is -0.643. The summed E-state index contributed by atoms with van der Waals surface area (Å²) in [6.07, 6.45) is -0.953. The van der Waals surface area contributed by atoms with E-state index in [4.69, 9.17) is 47.0 Å². The van der Waals surface area contributed by atoms with Gasteiger partial charge in [-0.3, -0.25) is 14.5 Å². The molecule has 2 unspecified atom stereocenters. The van der Waals surface area contributed by atoms with Gasteiger partial charge in [-0.15, -0.1) is 0 Å². The lowest BCUT2D eigenvalue weighted by Gasteiger charge is -2.38. The minimum absolute atomic E-state index is 0.122. The Kier molecular flexibility index (Phi) is 12.4. The van der Waals surface area contributed by atoms with Crippen molar-refractivity contribution in [1.82, 2.24) is 4.90 Å². The summed E-state index contributed by atoms with van der Waals surface area (Å²) >= 11 is 12.1. The van der Waals surface area contributed by atoms with Gasteiger partial charge in [-0.05, 0) is 71.0 Å². The fourth-order valence-electron chi connectivity index (χ4n) is 4.49. The maximum atomic E-state index is 13.1. The molecule has 1 amide bonds. The number of halogens is 2. The molecule has 0 saturated heterocycles. The molecule has 1 aromatic heterocycles. The highest BCUT2D eigenvalue weighted by Gasteiger charge is 2.36. The molecule has 3 aromatic rings. The summed E-state index contributed by atoms with van der Waals surface area (Å²) in [6, 6.07) is 10.9. The number of nitrogens with one attached hydrogen (secondary N) is 1. The van der Waals surface area contributed by atoms with Gasteiger partial charge in [0.1, 0.15) is 16.8 Å². The van der Waals surface area contributed by atoms with Gasteiger partial charge < -0.3 is 23.9 Å². The summed E-state index contributed by atoms with van der Waals surface area (Å²) in [5.74, 6) is -1.72. The van der Waals surface area contributed by atoms with E-state index in [0.717, 1.165) is 6.07 Å². The van der Waals surface area contributed by atoms with E-state index < -0.39 is 63.8 Å². The Morgan fingerprint density at radius 3 is 2.32 bits per heavy atom. The molecule has 2 atom stereocenters. The lowest BCUT2D eigenvalue weighted by molar-refractivity contribution is -0.154. The Morgan fingerprint density at radius 2 is 1.72 bits per heavy atom. The van der Waals surface area contributed by atoms with Gasteiger partial charge in [-0.2, -0.15) is 0 Å². The van der Waals surface area contributed by atoms with Crippen molar-refractivity contribution in [1.29, 1.82) is 0 Å². The molecule has 16 heteroatoms. The van der Waals surface area contributed by atoms with Gasteiger partial charge in [0.25, 0.3) is 0 Å². The number of carbonyl (C=O) groups excluding carboxylic acids is 4. The van der Waals surface area contributed by atoms with E-state index in [9.17, 15) is 27.6 Å². The highest BCUT2D eigenvalue weighted by molar-refractivity contribution is 7.89. The van der Waals surface area contributed by atoms with Crippen LogP contribution < -0.4 is 10.5 Å². The van der Waals surface area contributed by atoms with Crippen molar-refractivity contribution in [2.75, 3.05) is 12.1 Å². The van der Waals surface area contributed by atoms with Crippen LogP contribution in [-0.4, -0.2) is 61.6 Å². The van der Waals surface area contributed by atoms with Crippen LogP contribution in [0.3, 0.4) is 0 Å². The van der Waals surface area contributed by atoms with Crippen molar-refractivity contribution in [3.05, 3.63) is 81.7 Å². The minimum atomic E-state index is -4.30. The van der Waals surface area contributed by atoms with Crippen molar-refractivity contribution in [2.24, 2.45) is 5.14 Å². The molecule has 47 heavy (non-hydrogen) atoms. The van der Waals surface area contributed by atoms with Gasteiger partial charge in [0.05, 0.1) is 41.5 Å². The average Bonchev–Trinajstić information content (AvgIpc) is 3.48. The van der Waals surface area contributed by atoms with Crippen LogP contribution >= 0.6 is 23.2 Å². The van der Waals surface area contributed by atoms with Crippen LogP contribution in [-0.2, 0) is 35.6 Å². The molecular formula is C31H35Cl2N3O10S. The monoisotopic (exact) mass is 711 g/mol. The molecule has 0 aliphatic carbocycles. The third-order valence-corrected chi connectivity index (χ3v) is 8.20. The Morgan fingerprint density at radius 1 is 1.02 bits per heavy atom. The highest BCUT2D eigenvalue weighted by Crippen LogP contribution is 2.30. The van der Waals surface area contributed by atoms with Crippen LogP contribution in [0, 0.1) is 0 Å². The number of ether oxygens (including phenoxy) is 3. The number of nitrogens with two attached hydrogens (primary N) is 1. The third kappa shape index (κ3) is 10.4. The molecule has 0 aliphatic rings. The maximum absolute atomic E-state index is 13.1. The number of primary sulfonamides is 1. The van der Waals surface area contributed by atoms with Crippen LogP contribution in [0.15, 0.2) is 64.1 Å². The molecule has 0 fully saturated rings. The Hall–Kier alpha value is -4.11. The van der Waals surface area contributed by atoms with E-state index in [2.05, 4.69) is 5.32 Å². The predicted octanol–water partition coefficient (Wildman–Crippen LogP) is 5.79. The van der Waals surface area contributed by atoms with Crippen LogP contribution in [0.4, 0.5) is 10.5 Å². The smallest absolute Gasteiger partial charge is 0.413 e. The number of sulfonamides is 1. The van der Waals surface area contributed by atoms with Crippen molar-refractivity contribution < 1.29 is 46.2 Å². The summed E-state index contributed by atoms with van der Waals surface area (Å²) in [7, 11) is -4.30. The third-order valence-electron chi connectivity index (χ3n) is 6.59. The maximum Gasteiger partial charge on any atom is 0.413 e. The number of benzene rings is 2. The second kappa shape index (κ2) is 15.7. The summed E-state index contributed by atoms with van der Waals surface area (Å²) in [4.78, 5) is 52.4. The van der Waals surface area contributed by atoms with Gasteiger partial charge in [-0.25, -0.2) is 23.1 Å². The quantitative estimate of drug-likeness (QED) is 0.124. The first-order valence-corrected chi connectivity index (χ1v) is 16.4. The number of rotatable bonds is 13. The van der Waals surface area contributed by atoms with Crippen molar-refractivity contribution >= 4 is 62.7 Å². The number of amides is 1. The van der Waals surface area contributed by atoms with E-state index in [-0.39, 0.29) is 28.6 Å². The van der Waals surface area contributed by atoms with Crippen LogP contribution in [0.25, 0.3) is 0 Å². The second-order valence-electron chi connectivity index (χ2n) is 11.4. The fraction of sp³-hybridized carbons (Fsp3) is 0.355. The predicted molar refractivity (Wildman–Crippen MR) is 173 cm³/mol. The van der Waals surface area contributed by atoms with Crippen LogP contribution in [0.1, 0.15) is 67.5 Å². The lowest BCUT2D eigenvalue weighted by atomic mass is 9.98. The number of hydrogen-bond donors (Lipinski definition) is 2. The lowest BCUT2D eigenvalue weighted by Crippen LogP contribution is -2.53. The zero-order valence-electron chi connectivity index (χ0n) is 26.2. The van der Waals surface area contributed by atoms with Crippen molar-refractivity contribution in [3.63, 3.8) is 0 Å². The zero-order valence-corrected chi connectivity index (χ0v) is 28.6. The largest absolute Gasteiger partial charge is 0.467 e. The van der Waals surface area contributed by atoms with Crippen LogP contribution in [0.5, 0.6) is 0 Å². The first-order valence-electron chi connectivity index (χ1n) is 14.1. The summed E-state index contributed by atoms with van der Waals surface area (Å²) in [6.45, 7) is 7.43. The molecule has 0 radical (unpaired) electrons.